The Bertz CT molecular complexity index is 601. The van der Waals surface area contributed by atoms with E-state index in [1.807, 2.05) is 24.3 Å². The Kier molecular flexibility index (Phi) is 5.51. The minimum atomic E-state index is 0. The van der Waals surface area contributed by atoms with Crippen LogP contribution in [0.4, 0.5) is 5.69 Å². The molecule has 1 fully saturated rings. The van der Waals surface area contributed by atoms with Crippen LogP contribution < -0.4 is 5.73 Å². The van der Waals surface area contributed by atoms with Crippen molar-refractivity contribution < 1.29 is 0 Å². The van der Waals surface area contributed by atoms with Crippen molar-refractivity contribution in [3.63, 3.8) is 0 Å². The number of nitrogens with zero attached hydrogens (tertiary/aromatic N) is 1. The molecule has 4 heteroatoms. The quantitative estimate of drug-likeness (QED) is 0.831. The van der Waals surface area contributed by atoms with E-state index in [-0.39, 0.29) is 12.4 Å². The zero-order chi connectivity index (χ0) is 13.9. The normalized spacial score (nSPS) is 18.4. The zero-order valence-corrected chi connectivity index (χ0v) is 13.4. The maximum absolute atomic E-state index is 6.35. The molecule has 1 saturated heterocycles. The first-order chi connectivity index (χ1) is 9.74. The number of anilines is 1. The van der Waals surface area contributed by atoms with E-state index in [0.29, 0.717) is 6.04 Å². The van der Waals surface area contributed by atoms with Crippen molar-refractivity contribution in [3.8, 4) is 0 Å². The van der Waals surface area contributed by atoms with E-state index in [1.54, 1.807) is 0 Å². The van der Waals surface area contributed by atoms with Gasteiger partial charge in [0.1, 0.15) is 0 Å². The minimum absolute atomic E-state index is 0. The molecule has 0 amide bonds. The number of likely N-dealkylation sites (tertiary alicyclic amines) is 1. The largest absolute Gasteiger partial charge is 0.399 e. The third-order valence-electron chi connectivity index (χ3n) is 3.96. The first kappa shape index (κ1) is 16.2. The molecule has 1 aliphatic rings. The van der Waals surface area contributed by atoms with Crippen molar-refractivity contribution in [1.29, 1.82) is 0 Å². The molecule has 0 aliphatic carbocycles. The topological polar surface area (TPSA) is 29.3 Å². The van der Waals surface area contributed by atoms with Crippen LogP contribution in [-0.4, -0.2) is 11.4 Å². The fourth-order valence-electron chi connectivity index (χ4n) is 3.04. The molecule has 3 rings (SSSR count). The minimum Gasteiger partial charge on any atom is -0.399 e. The van der Waals surface area contributed by atoms with Crippen LogP contribution in [0, 0.1) is 0 Å². The molecule has 1 unspecified atom stereocenters. The van der Waals surface area contributed by atoms with Gasteiger partial charge in [-0.3, -0.25) is 4.90 Å². The standard InChI is InChI=1S/C17H19ClN2.ClH/c18-16-8-2-1-7-15(16)17-9-4-10-20(17)12-13-5-3-6-14(19)11-13;/h1-3,5-8,11,17H,4,9-10,12,19H2;1H. The number of halogens is 2. The van der Waals surface area contributed by atoms with Gasteiger partial charge in [0.05, 0.1) is 0 Å². The molecule has 1 atom stereocenters. The summed E-state index contributed by atoms with van der Waals surface area (Å²) in [4.78, 5) is 2.50. The first-order valence-electron chi connectivity index (χ1n) is 7.07. The lowest BCUT2D eigenvalue weighted by Gasteiger charge is -2.25. The van der Waals surface area contributed by atoms with Gasteiger partial charge in [-0.25, -0.2) is 0 Å². The second kappa shape index (κ2) is 7.17. The maximum Gasteiger partial charge on any atom is 0.0453 e. The average Bonchev–Trinajstić information content (AvgIpc) is 2.87. The molecule has 0 spiro atoms. The smallest absolute Gasteiger partial charge is 0.0453 e. The summed E-state index contributed by atoms with van der Waals surface area (Å²) in [5.74, 6) is 0. The highest BCUT2D eigenvalue weighted by Gasteiger charge is 2.27. The predicted octanol–water partition coefficient (Wildman–Crippen LogP) is 4.68. The summed E-state index contributed by atoms with van der Waals surface area (Å²) in [6, 6.07) is 16.7. The van der Waals surface area contributed by atoms with Gasteiger partial charge < -0.3 is 5.73 Å². The molecule has 2 N–H and O–H groups in total. The van der Waals surface area contributed by atoms with Gasteiger partial charge in [0.25, 0.3) is 0 Å². The van der Waals surface area contributed by atoms with E-state index in [0.717, 1.165) is 23.8 Å². The van der Waals surface area contributed by atoms with Crippen molar-refractivity contribution in [3.05, 3.63) is 64.7 Å². The molecule has 0 aromatic heterocycles. The second-order valence-corrected chi connectivity index (χ2v) is 5.80. The van der Waals surface area contributed by atoms with Crippen LogP contribution >= 0.6 is 24.0 Å². The zero-order valence-electron chi connectivity index (χ0n) is 11.8. The molecule has 2 aromatic carbocycles. The van der Waals surface area contributed by atoms with Crippen LogP contribution in [0.1, 0.15) is 30.0 Å². The molecule has 0 saturated carbocycles. The highest BCUT2D eigenvalue weighted by Crippen LogP contribution is 2.36. The summed E-state index contributed by atoms with van der Waals surface area (Å²) in [7, 11) is 0. The Morgan fingerprint density at radius 2 is 1.95 bits per heavy atom. The van der Waals surface area contributed by atoms with Crippen LogP contribution in [0.15, 0.2) is 48.5 Å². The summed E-state index contributed by atoms with van der Waals surface area (Å²) in [5, 5.41) is 0.872. The molecule has 0 radical (unpaired) electrons. The molecular weight excluding hydrogens is 303 g/mol. The summed E-state index contributed by atoms with van der Waals surface area (Å²) < 4.78 is 0. The molecule has 1 aliphatic heterocycles. The van der Waals surface area contributed by atoms with E-state index in [9.17, 15) is 0 Å². The third-order valence-corrected chi connectivity index (χ3v) is 4.31. The number of nitrogen functional groups attached to an aromatic ring is 1. The molecule has 112 valence electrons. The van der Waals surface area contributed by atoms with Gasteiger partial charge >= 0.3 is 0 Å². The third kappa shape index (κ3) is 3.70. The lowest BCUT2D eigenvalue weighted by Crippen LogP contribution is -2.23. The number of hydrogen-bond donors (Lipinski definition) is 1. The van der Waals surface area contributed by atoms with Crippen molar-refractivity contribution in [2.45, 2.75) is 25.4 Å². The molecule has 21 heavy (non-hydrogen) atoms. The van der Waals surface area contributed by atoms with Gasteiger partial charge in [-0.1, -0.05) is 41.9 Å². The van der Waals surface area contributed by atoms with Gasteiger partial charge in [-0.2, -0.15) is 0 Å². The van der Waals surface area contributed by atoms with Crippen LogP contribution in [0.25, 0.3) is 0 Å². The van der Waals surface area contributed by atoms with E-state index < -0.39 is 0 Å². The van der Waals surface area contributed by atoms with Gasteiger partial charge in [-0.15, -0.1) is 12.4 Å². The Morgan fingerprint density at radius 1 is 1.14 bits per heavy atom. The van der Waals surface area contributed by atoms with Crippen molar-refractivity contribution >= 4 is 29.7 Å². The Morgan fingerprint density at radius 3 is 2.71 bits per heavy atom. The predicted molar refractivity (Wildman–Crippen MR) is 91.9 cm³/mol. The lowest BCUT2D eigenvalue weighted by molar-refractivity contribution is 0.248. The van der Waals surface area contributed by atoms with E-state index in [1.165, 1.54) is 24.0 Å². The maximum atomic E-state index is 6.35. The van der Waals surface area contributed by atoms with E-state index in [4.69, 9.17) is 17.3 Å². The Hall–Kier alpha value is -1.22. The van der Waals surface area contributed by atoms with Gasteiger partial charge in [0.15, 0.2) is 0 Å². The second-order valence-electron chi connectivity index (χ2n) is 5.40. The Balaban J connectivity index is 0.00000161. The number of benzene rings is 2. The fraction of sp³-hybridized carbons (Fsp3) is 0.294. The van der Waals surface area contributed by atoms with Crippen LogP contribution in [0.2, 0.25) is 5.02 Å². The molecular formula is C17H20Cl2N2. The van der Waals surface area contributed by atoms with Crippen molar-refractivity contribution in [1.82, 2.24) is 4.90 Å². The fourth-order valence-corrected chi connectivity index (χ4v) is 3.30. The van der Waals surface area contributed by atoms with E-state index >= 15 is 0 Å². The summed E-state index contributed by atoms with van der Waals surface area (Å²) in [5.41, 5.74) is 9.21. The number of hydrogen-bond acceptors (Lipinski definition) is 2. The highest BCUT2D eigenvalue weighted by molar-refractivity contribution is 6.31. The monoisotopic (exact) mass is 322 g/mol. The number of rotatable bonds is 3. The van der Waals surface area contributed by atoms with Gasteiger partial charge in [0.2, 0.25) is 0 Å². The molecule has 0 bridgehead atoms. The van der Waals surface area contributed by atoms with Crippen molar-refractivity contribution in [2.24, 2.45) is 0 Å². The summed E-state index contributed by atoms with van der Waals surface area (Å²) in [6.45, 7) is 2.05. The molecule has 2 nitrogen and oxygen atoms in total. The SMILES string of the molecule is Cl.Nc1cccc(CN2CCCC2c2ccccc2Cl)c1. The Labute approximate surface area is 137 Å². The van der Waals surface area contributed by atoms with Crippen LogP contribution in [0.3, 0.4) is 0 Å². The highest BCUT2D eigenvalue weighted by atomic mass is 35.5. The lowest BCUT2D eigenvalue weighted by atomic mass is 10.0. The summed E-state index contributed by atoms with van der Waals surface area (Å²) in [6.07, 6.45) is 2.39. The average molecular weight is 323 g/mol. The van der Waals surface area contributed by atoms with Crippen LogP contribution in [0.5, 0.6) is 0 Å². The van der Waals surface area contributed by atoms with Gasteiger partial charge in [-0.05, 0) is 48.7 Å². The number of nitrogens with two attached hydrogens (primary N) is 1. The molecule has 2 aromatic rings. The molecule has 1 heterocycles. The van der Waals surface area contributed by atoms with Gasteiger partial charge in [0, 0.05) is 23.3 Å². The van der Waals surface area contributed by atoms with E-state index in [2.05, 4.69) is 29.2 Å². The van der Waals surface area contributed by atoms with Crippen LogP contribution in [-0.2, 0) is 6.54 Å². The van der Waals surface area contributed by atoms with Crippen molar-refractivity contribution in [2.75, 3.05) is 12.3 Å². The first-order valence-corrected chi connectivity index (χ1v) is 7.45. The summed E-state index contributed by atoms with van der Waals surface area (Å²) >= 11 is 6.35.